The smallest absolute Gasteiger partial charge is 0.233 e. The third kappa shape index (κ3) is 2.86. The quantitative estimate of drug-likeness (QED) is 0.732. The van der Waals surface area contributed by atoms with E-state index < -0.39 is 17.8 Å². The Morgan fingerprint density at radius 3 is 2.72 bits per heavy atom. The van der Waals surface area contributed by atoms with Gasteiger partial charge in [-0.3, -0.25) is 4.90 Å². The van der Waals surface area contributed by atoms with Gasteiger partial charge in [0.2, 0.25) is 5.88 Å². The van der Waals surface area contributed by atoms with E-state index in [1.165, 1.54) is 0 Å². The molecule has 7 nitrogen and oxygen atoms in total. The van der Waals surface area contributed by atoms with Gasteiger partial charge in [-0.1, -0.05) is 0 Å². The van der Waals surface area contributed by atoms with E-state index in [4.69, 9.17) is 4.74 Å². The number of halogens is 1. The fraction of sp³-hybridized carbons (Fsp3) is 0.381. The molecule has 1 N–H and O–H groups in total. The van der Waals surface area contributed by atoms with Crippen LogP contribution in [0.3, 0.4) is 0 Å². The van der Waals surface area contributed by atoms with Crippen LogP contribution in [0.4, 0.5) is 4.39 Å². The van der Waals surface area contributed by atoms with Crippen LogP contribution in [0.25, 0.3) is 16.9 Å². The molecule has 150 valence electrons. The third-order valence-electron chi connectivity index (χ3n) is 6.36. The molecule has 0 radical (unpaired) electrons. The number of rotatable bonds is 4. The average Bonchev–Trinajstić information content (AvgIpc) is 3.40. The van der Waals surface area contributed by atoms with Crippen molar-refractivity contribution >= 4 is 0 Å². The highest BCUT2D eigenvalue weighted by molar-refractivity contribution is 5.68. The summed E-state index contributed by atoms with van der Waals surface area (Å²) in [6.07, 6.45) is 4.36. The average molecular weight is 395 g/mol. The van der Waals surface area contributed by atoms with E-state index in [0.29, 0.717) is 17.1 Å². The monoisotopic (exact) mass is 395 g/mol. The van der Waals surface area contributed by atoms with E-state index >= 15 is 0 Å². The highest BCUT2D eigenvalue weighted by atomic mass is 19.1. The van der Waals surface area contributed by atoms with Gasteiger partial charge in [-0.05, 0) is 38.6 Å². The summed E-state index contributed by atoms with van der Waals surface area (Å²) >= 11 is 0. The molecule has 0 amide bonds. The Bertz CT molecular complexity index is 1030. The largest absolute Gasteiger partial charge is 0.507 e. The van der Waals surface area contributed by atoms with Crippen molar-refractivity contribution in [3.05, 3.63) is 49.1 Å². The molecule has 2 fully saturated rings. The molecule has 2 bridgehead atoms. The summed E-state index contributed by atoms with van der Waals surface area (Å²) in [4.78, 5) is 6.08. The maximum absolute atomic E-state index is 14.9. The van der Waals surface area contributed by atoms with E-state index in [1.54, 1.807) is 47.6 Å². The minimum absolute atomic E-state index is 0.0899. The molecule has 0 unspecified atom stereocenters. The number of hydrogen-bond donors (Lipinski definition) is 1. The number of piperidine rings is 1. The van der Waals surface area contributed by atoms with Gasteiger partial charge in [-0.25, -0.2) is 9.37 Å². The van der Waals surface area contributed by atoms with Gasteiger partial charge in [0, 0.05) is 42.6 Å². The van der Waals surface area contributed by atoms with Crippen molar-refractivity contribution in [3.8, 4) is 28.6 Å². The highest BCUT2D eigenvalue weighted by Gasteiger charge is 2.60. The molecule has 1 aromatic carbocycles. The Hall–Kier alpha value is -3.00. The van der Waals surface area contributed by atoms with Crippen molar-refractivity contribution in [2.45, 2.75) is 31.2 Å². The molecule has 8 heteroatoms. The van der Waals surface area contributed by atoms with Crippen LogP contribution >= 0.6 is 0 Å². The first-order valence-corrected chi connectivity index (χ1v) is 9.63. The molecule has 3 heterocycles. The first-order valence-electron chi connectivity index (χ1n) is 9.63. The molecule has 2 aromatic heterocycles. The summed E-state index contributed by atoms with van der Waals surface area (Å²) in [5, 5.41) is 18.7. The summed E-state index contributed by atoms with van der Waals surface area (Å²) in [7, 11) is 1.96. The zero-order valence-corrected chi connectivity index (χ0v) is 16.2. The lowest BCUT2D eigenvalue weighted by molar-refractivity contribution is -0.0143. The summed E-state index contributed by atoms with van der Waals surface area (Å²) in [6, 6.07) is 8.69. The second kappa shape index (κ2) is 6.52. The van der Waals surface area contributed by atoms with Crippen LogP contribution in [0.5, 0.6) is 11.6 Å². The predicted octanol–water partition coefficient (Wildman–Crippen LogP) is 2.84. The lowest BCUT2D eigenvalue weighted by atomic mass is 9.97. The summed E-state index contributed by atoms with van der Waals surface area (Å²) < 4.78 is 22.6. The summed E-state index contributed by atoms with van der Waals surface area (Å²) in [5.41, 5.74) is 1.40. The minimum atomic E-state index is -1.06. The van der Waals surface area contributed by atoms with E-state index in [-0.39, 0.29) is 11.7 Å². The van der Waals surface area contributed by atoms with E-state index in [0.717, 1.165) is 18.7 Å². The van der Waals surface area contributed by atoms with Gasteiger partial charge < -0.3 is 14.4 Å². The molecule has 1 aliphatic heterocycles. The predicted molar refractivity (Wildman–Crippen MR) is 105 cm³/mol. The lowest BCUT2D eigenvalue weighted by Crippen LogP contribution is -2.54. The van der Waals surface area contributed by atoms with Crippen molar-refractivity contribution in [3.63, 3.8) is 0 Å². The molecule has 29 heavy (non-hydrogen) atoms. The number of nitrogens with zero attached hydrogens (tertiary/aromatic N) is 5. The van der Waals surface area contributed by atoms with Crippen molar-refractivity contribution < 1.29 is 14.2 Å². The number of benzene rings is 1. The molecule has 1 aliphatic carbocycles. The highest BCUT2D eigenvalue weighted by Crippen LogP contribution is 2.48. The van der Waals surface area contributed by atoms with Crippen LogP contribution in [-0.2, 0) is 0 Å². The number of hydrogen-bond acceptors (Lipinski definition) is 6. The van der Waals surface area contributed by atoms with Crippen molar-refractivity contribution in [2.24, 2.45) is 5.92 Å². The van der Waals surface area contributed by atoms with Crippen LogP contribution in [-0.4, -0.2) is 61.2 Å². The Labute approximate surface area is 167 Å². The summed E-state index contributed by atoms with van der Waals surface area (Å²) in [6.45, 7) is 2.77. The normalized spacial score (nSPS) is 28.7. The van der Waals surface area contributed by atoms with Gasteiger partial charge in [-0.15, -0.1) is 10.2 Å². The standard InChI is InChI=1S/C21H22FN5O2/c1-21-10-13(11-26(21)2)19(20(21)22)29-18-6-5-16(24-25-18)15-4-3-14(9-17(15)28)27-8-7-23-12-27/h3-9,12-13,19-20,28H,10-11H2,1-2H3/t13-,19-,20+,21-/m0/s1. The Balaban J connectivity index is 1.34. The number of ether oxygens (including phenoxy) is 1. The molecule has 5 rings (SSSR count). The molecular weight excluding hydrogens is 373 g/mol. The first-order chi connectivity index (χ1) is 14.0. The van der Waals surface area contributed by atoms with Crippen LogP contribution in [0.1, 0.15) is 13.3 Å². The Morgan fingerprint density at radius 2 is 2.10 bits per heavy atom. The topological polar surface area (TPSA) is 76.3 Å². The van der Waals surface area contributed by atoms with Gasteiger partial charge in [0.15, 0.2) is 6.17 Å². The number of phenolic OH excluding ortho intramolecular Hbond substituents is 1. The lowest BCUT2D eigenvalue weighted by Gasteiger charge is -2.38. The second-order valence-electron chi connectivity index (χ2n) is 8.11. The maximum Gasteiger partial charge on any atom is 0.233 e. The molecule has 2 aliphatic rings. The number of fused-ring (bicyclic) bond motifs is 2. The number of phenols is 1. The minimum Gasteiger partial charge on any atom is -0.507 e. The molecule has 3 aromatic rings. The molecular formula is C21H22FN5O2. The summed E-state index contributed by atoms with van der Waals surface area (Å²) in [5.74, 6) is 0.544. The van der Waals surface area contributed by atoms with Crippen LogP contribution < -0.4 is 4.74 Å². The number of aromatic nitrogens is 4. The van der Waals surface area contributed by atoms with Gasteiger partial charge in [0.1, 0.15) is 11.9 Å². The maximum atomic E-state index is 14.9. The Kier molecular flexibility index (Phi) is 4.06. The number of alkyl halides is 1. The van der Waals surface area contributed by atoms with E-state index in [1.807, 2.05) is 20.0 Å². The van der Waals surface area contributed by atoms with Crippen LogP contribution in [0, 0.1) is 5.92 Å². The molecule has 1 saturated heterocycles. The zero-order valence-electron chi connectivity index (χ0n) is 16.2. The SMILES string of the molecule is CN1C[C@@H]2C[C@@]1(C)[C@H](F)[C@H]2Oc1ccc(-c2ccc(-n3ccnc3)cc2O)nn1. The van der Waals surface area contributed by atoms with Crippen molar-refractivity contribution in [1.29, 1.82) is 0 Å². The van der Waals surface area contributed by atoms with Gasteiger partial charge in [-0.2, -0.15) is 0 Å². The van der Waals surface area contributed by atoms with Gasteiger partial charge in [0.05, 0.1) is 23.2 Å². The third-order valence-corrected chi connectivity index (χ3v) is 6.36. The number of aromatic hydroxyl groups is 1. The second-order valence-corrected chi connectivity index (χ2v) is 8.11. The van der Waals surface area contributed by atoms with Gasteiger partial charge >= 0.3 is 0 Å². The number of likely N-dealkylation sites (tertiary alicyclic amines) is 1. The van der Waals surface area contributed by atoms with Crippen molar-refractivity contribution in [2.75, 3.05) is 13.6 Å². The van der Waals surface area contributed by atoms with Gasteiger partial charge in [0.25, 0.3) is 0 Å². The molecule has 1 saturated carbocycles. The zero-order chi connectivity index (χ0) is 20.2. The molecule has 4 atom stereocenters. The fourth-order valence-corrected chi connectivity index (χ4v) is 4.58. The first kappa shape index (κ1) is 18.1. The van der Waals surface area contributed by atoms with E-state index in [2.05, 4.69) is 20.1 Å². The van der Waals surface area contributed by atoms with Crippen LogP contribution in [0.2, 0.25) is 0 Å². The van der Waals surface area contributed by atoms with E-state index in [9.17, 15) is 9.50 Å². The Morgan fingerprint density at radius 1 is 1.24 bits per heavy atom. The van der Waals surface area contributed by atoms with Crippen LogP contribution in [0.15, 0.2) is 49.1 Å². The fourth-order valence-electron chi connectivity index (χ4n) is 4.58. The van der Waals surface area contributed by atoms with Crippen molar-refractivity contribution in [1.82, 2.24) is 24.6 Å². The molecule has 0 spiro atoms. The number of imidazole rings is 1.